The van der Waals surface area contributed by atoms with Crippen LogP contribution in [0.3, 0.4) is 0 Å². The van der Waals surface area contributed by atoms with E-state index in [9.17, 15) is 0 Å². The molecule has 2 heteroatoms. The molecule has 0 unspecified atom stereocenters. The fourth-order valence-corrected chi connectivity index (χ4v) is 3.37. The topological polar surface area (TPSA) is 3.88 Å². The van der Waals surface area contributed by atoms with Gasteiger partial charge in [-0.1, -0.05) is 48.5 Å². The fourth-order valence-electron chi connectivity index (χ4n) is 3.37. The Hall–Kier alpha value is -1.94. The lowest BCUT2D eigenvalue weighted by molar-refractivity contribution is -0.617. The zero-order valence-electron chi connectivity index (χ0n) is 13.3. The first-order valence-corrected chi connectivity index (χ1v) is 7.63. The summed E-state index contributed by atoms with van der Waals surface area (Å²) in [6.07, 6.45) is 0. The highest BCUT2D eigenvalue weighted by Crippen LogP contribution is 2.35. The van der Waals surface area contributed by atoms with Crippen LogP contribution in [0.15, 0.2) is 72.8 Å². The molecule has 1 aromatic heterocycles. The maximum Gasteiger partial charge on any atom is 0.213 e. The monoisotopic (exact) mass is 411 g/mol. The lowest BCUT2D eigenvalue weighted by Crippen LogP contribution is -3.00. The third kappa shape index (κ3) is 2.51. The maximum absolute atomic E-state index is 2.28. The highest BCUT2D eigenvalue weighted by Gasteiger charge is 2.18. The lowest BCUT2D eigenvalue weighted by Gasteiger charge is -2.12. The van der Waals surface area contributed by atoms with E-state index in [1.165, 1.54) is 38.5 Å². The summed E-state index contributed by atoms with van der Waals surface area (Å²) in [5.41, 5.74) is 6.49. The van der Waals surface area contributed by atoms with E-state index in [0.717, 1.165) is 0 Å². The third-order valence-electron chi connectivity index (χ3n) is 4.48. The molecule has 1 nitrogen and oxygen atoms in total. The Bertz CT molecular complexity index is 948. The van der Waals surface area contributed by atoms with Crippen LogP contribution in [0.5, 0.6) is 0 Å². The van der Waals surface area contributed by atoms with Crippen molar-refractivity contribution in [3.8, 4) is 11.1 Å². The lowest BCUT2D eigenvalue weighted by atomic mass is 9.93. The van der Waals surface area contributed by atoms with Gasteiger partial charge in [0.05, 0.1) is 10.8 Å². The van der Waals surface area contributed by atoms with Gasteiger partial charge in [-0.3, -0.25) is 0 Å². The predicted molar refractivity (Wildman–Crippen MR) is 92.8 cm³/mol. The van der Waals surface area contributed by atoms with Crippen molar-refractivity contribution < 1.29 is 28.5 Å². The van der Waals surface area contributed by atoms with Gasteiger partial charge in [0.2, 0.25) is 11.0 Å². The Kier molecular flexibility index (Phi) is 4.35. The van der Waals surface area contributed by atoms with Crippen molar-refractivity contribution in [1.82, 2.24) is 0 Å². The van der Waals surface area contributed by atoms with Gasteiger partial charge in [0.15, 0.2) is 0 Å². The Morgan fingerprint density at radius 1 is 0.652 bits per heavy atom. The van der Waals surface area contributed by atoms with E-state index in [4.69, 9.17) is 0 Å². The number of halogens is 1. The molecule has 0 amide bonds. The molecular weight excluding hydrogens is 393 g/mol. The number of aromatic nitrogens is 1. The van der Waals surface area contributed by atoms with Crippen molar-refractivity contribution in [2.24, 2.45) is 7.05 Å². The number of para-hydroxylation sites is 2. The minimum Gasteiger partial charge on any atom is -1.00 e. The molecule has 1 heterocycles. The fraction of sp³-hybridized carbons (Fsp3) is 0.0952. The van der Waals surface area contributed by atoms with Crippen LogP contribution in [0.25, 0.3) is 32.9 Å². The van der Waals surface area contributed by atoms with E-state index in [0.29, 0.717) is 0 Å². The summed E-state index contributed by atoms with van der Waals surface area (Å²) < 4.78 is 2.28. The molecule has 23 heavy (non-hydrogen) atoms. The van der Waals surface area contributed by atoms with Crippen molar-refractivity contribution >= 4 is 21.8 Å². The van der Waals surface area contributed by atoms with Crippen molar-refractivity contribution in [3.63, 3.8) is 0 Å². The van der Waals surface area contributed by atoms with Crippen LogP contribution in [-0.4, -0.2) is 0 Å². The summed E-state index contributed by atoms with van der Waals surface area (Å²) in [6, 6.07) is 26.0. The maximum atomic E-state index is 2.28. The number of rotatable bonds is 1. The van der Waals surface area contributed by atoms with Crippen LogP contribution in [-0.2, 0) is 7.05 Å². The zero-order valence-corrected chi connectivity index (χ0v) is 15.4. The van der Waals surface area contributed by atoms with Gasteiger partial charge in [0.1, 0.15) is 7.05 Å². The Morgan fingerprint density at radius 2 is 1.13 bits per heavy atom. The second kappa shape index (κ2) is 6.28. The van der Waals surface area contributed by atoms with Gasteiger partial charge >= 0.3 is 0 Å². The molecule has 0 aliphatic rings. The molecule has 0 bridgehead atoms. The van der Waals surface area contributed by atoms with Crippen LogP contribution in [0, 0.1) is 6.92 Å². The van der Waals surface area contributed by atoms with Gasteiger partial charge in [0, 0.05) is 17.7 Å². The first-order chi connectivity index (χ1) is 10.8. The van der Waals surface area contributed by atoms with Crippen molar-refractivity contribution in [2.45, 2.75) is 6.92 Å². The van der Waals surface area contributed by atoms with E-state index in [-0.39, 0.29) is 24.0 Å². The first-order valence-electron chi connectivity index (χ1n) is 7.63. The number of pyridine rings is 1. The summed E-state index contributed by atoms with van der Waals surface area (Å²) >= 11 is 0. The summed E-state index contributed by atoms with van der Waals surface area (Å²) in [6.45, 7) is 2.19. The van der Waals surface area contributed by atoms with Crippen molar-refractivity contribution in [3.05, 3.63) is 78.4 Å². The first kappa shape index (κ1) is 15.9. The number of fused-ring (bicyclic) bond motifs is 2. The molecule has 0 N–H and O–H groups in total. The number of benzene rings is 3. The molecular formula is C21H18IN. The molecule has 0 radical (unpaired) electrons. The Labute approximate surface area is 153 Å². The van der Waals surface area contributed by atoms with E-state index < -0.39 is 0 Å². The van der Waals surface area contributed by atoms with Gasteiger partial charge < -0.3 is 24.0 Å². The molecule has 0 spiro atoms. The van der Waals surface area contributed by atoms with Crippen molar-refractivity contribution in [2.75, 3.05) is 0 Å². The summed E-state index contributed by atoms with van der Waals surface area (Å²) in [5.74, 6) is 0. The highest BCUT2D eigenvalue weighted by molar-refractivity contribution is 6.07. The molecule has 3 aromatic carbocycles. The average Bonchev–Trinajstić information content (AvgIpc) is 2.57. The van der Waals surface area contributed by atoms with Crippen LogP contribution in [0.4, 0.5) is 0 Å². The number of nitrogens with zero attached hydrogens (tertiary/aromatic N) is 1. The van der Waals surface area contributed by atoms with Gasteiger partial charge in [-0.25, -0.2) is 0 Å². The van der Waals surface area contributed by atoms with E-state index in [1.54, 1.807) is 0 Å². The minimum atomic E-state index is 0. The third-order valence-corrected chi connectivity index (χ3v) is 4.48. The average molecular weight is 411 g/mol. The molecule has 4 rings (SSSR count). The van der Waals surface area contributed by atoms with E-state index in [1.807, 2.05) is 0 Å². The second-order valence-corrected chi connectivity index (χ2v) is 5.78. The van der Waals surface area contributed by atoms with E-state index >= 15 is 0 Å². The van der Waals surface area contributed by atoms with E-state index in [2.05, 4.69) is 91.3 Å². The predicted octanol–water partition coefficient (Wildman–Crippen LogP) is 1.80. The molecule has 0 saturated carbocycles. The van der Waals surface area contributed by atoms with Crippen LogP contribution >= 0.6 is 0 Å². The molecule has 4 aromatic rings. The van der Waals surface area contributed by atoms with Crippen LogP contribution in [0.2, 0.25) is 0 Å². The molecule has 114 valence electrons. The standard InChI is InChI=1S/C21H18N.HI/c1-15-9-3-4-10-16(15)21-17-11-5-7-13-19(17)22(2)20-14-8-6-12-18(20)21;/h3-14H,1-2H3;1H/q+1;/p-1. The minimum absolute atomic E-state index is 0. The smallest absolute Gasteiger partial charge is 0.213 e. The second-order valence-electron chi connectivity index (χ2n) is 5.78. The van der Waals surface area contributed by atoms with Crippen LogP contribution in [0.1, 0.15) is 5.56 Å². The van der Waals surface area contributed by atoms with Gasteiger partial charge in [0.25, 0.3) is 0 Å². The normalized spacial score (nSPS) is 10.7. The number of hydrogen-bond donors (Lipinski definition) is 0. The Balaban J connectivity index is 0.00000156. The molecule has 0 atom stereocenters. The zero-order chi connectivity index (χ0) is 15.1. The Morgan fingerprint density at radius 3 is 1.70 bits per heavy atom. The summed E-state index contributed by atoms with van der Waals surface area (Å²) in [7, 11) is 2.15. The quantitative estimate of drug-likeness (QED) is 0.256. The summed E-state index contributed by atoms with van der Waals surface area (Å²) in [5, 5.41) is 2.61. The van der Waals surface area contributed by atoms with Gasteiger partial charge in [-0.2, -0.15) is 4.57 Å². The van der Waals surface area contributed by atoms with Crippen LogP contribution < -0.4 is 28.5 Å². The van der Waals surface area contributed by atoms with Crippen molar-refractivity contribution in [1.29, 1.82) is 0 Å². The van der Waals surface area contributed by atoms with Gasteiger partial charge in [-0.05, 0) is 30.2 Å². The molecule has 0 aliphatic carbocycles. The largest absolute Gasteiger partial charge is 1.00 e. The molecule has 0 saturated heterocycles. The highest BCUT2D eigenvalue weighted by atomic mass is 127. The SMILES string of the molecule is Cc1ccccc1-c1c2ccccc2[n+](C)c2ccccc12.[I-]. The molecule has 0 fully saturated rings. The number of aryl methyl sites for hydroxylation is 2. The molecule has 0 aliphatic heterocycles. The summed E-state index contributed by atoms with van der Waals surface area (Å²) in [4.78, 5) is 0. The number of hydrogen-bond acceptors (Lipinski definition) is 0. The van der Waals surface area contributed by atoms with Gasteiger partial charge in [-0.15, -0.1) is 0 Å².